The number of aliphatic hydroxyl groups excluding tert-OH is 1. The van der Waals surface area contributed by atoms with E-state index >= 15 is 0 Å². The summed E-state index contributed by atoms with van der Waals surface area (Å²) in [5.74, 6) is -6.52. The highest BCUT2D eigenvalue weighted by Gasteiger charge is 2.39. The first kappa shape index (κ1) is 33.4. The number of alkyl halides is 6. The summed E-state index contributed by atoms with van der Waals surface area (Å²) >= 11 is 0. The molecule has 228 valence electrons. The van der Waals surface area contributed by atoms with Gasteiger partial charge in [0.2, 0.25) is 0 Å². The van der Waals surface area contributed by atoms with Crippen molar-refractivity contribution in [2.45, 2.75) is 56.7 Å². The van der Waals surface area contributed by atoms with Gasteiger partial charge in [0.1, 0.15) is 5.69 Å². The normalized spacial score (nSPS) is 16.2. The van der Waals surface area contributed by atoms with Crippen molar-refractivity contribution in [2.75, 3.05) is 19.6 Å². The van der Waals surface area contributed by atoms with Crippen LogP contribution in [0.15, 0.2) is 18.5 Å². The number of likely N-dealkylation sites (tertiary alicyclic amines) is 1. The summed E-state index contributed by atoms with van der Waals surface area (Å²) in [7, 11) is 0. The second kappa shape index (κ2) is 13.7. The molecule has 6 N–H and O–H groups in total. The van der Waals surface area contributed by atoms with Gasteiger partial charge in [-0.25, -0.2) is 14.4 Å². The summed E-state index contributed by atoms with van der Waals surface area (Å²) in [4.78, 5) is 36.0. The quantitative estimate of drug-likeness (QED) is 0.315. The first-order valence-corrected chi connectivity index (χ1v) is 11.9. The molecule has 41 heavy (non-hydrogen) atoms. The van der Waals surface area contributed by atoms with E-state index < -0.39 is 36.4 Å². The summed E-state index contributed by atoms with van der Waals surface area (Å²) < 4.78 is 64.9. The Morgan fingerprint density at radius 1 is 0.976 bits per heavy atom. The number of hydrogen-bond acceptors (Lipinski definition) is 8. The fourth-order valence-electron chi connectivity index (χ4n) is 4.13. The highest BCUT2D eigenvalue weighted by atomic mass is 19.4. The second-order valence-electron chi connectivity index (χ2n) is 9.09. The fraction of sp³-hybridized carbons (Fsp3) is 0.522. The number of carbonyl (C=O) groups is 3. The van der Waals surface area contributed by atoms with Crippen molar-refractivity contribution in [3.63, 3.8) is 0 Å². The lowest BCUT2D eigenvalue weighted by Crippen LogP contribution is -2.43. The van der Waals surface area contributed by atoms with Crippen LogP contribution in [0.5, 0.6) is 0 Å². The number of pyridine rings is 1. The molecule has 2 aliphatic rings. The summed E-state index contributed by atoms with van der Waals surface area (Å²) in [5.41, 5.74) is 9.58. The molecule has 1 unspecified atom stereocenters. The number of aliphatic carboxylic acids is 2. The standard InChI is InChI=1S/C19H25N5O3.2C2HF3O2/c20-13-4-7-23(8-5-13)10-14(25)11-24-18(19(26)27)16-2-1-12-9-21-6-3-15(12)17(16)22-24;2*3-2(4,5)1(6)7/h3,6,9,13-14,25H,1-2,4-5,7-8,10-11,20H2,(H,26,27);2*(H,6,7). The minimum absolute atomic E-state index is 0.164. The van der Waals surface area contributed by atoms with Gasteiger partial charge in [-0.3, -0.25) is 9.67 Å². The first-order chi connectivity index (χ1) is 18.9. The van der Waals surface area contributed by atoms with Gasteiger partial charge in [-0.05, 0) is 50.4 Å². The number of aromatic carboxylic acids is 1. The van der Waals surface area contributed by atoms with Crippen LogP contribution in [0.4, 0.5) is 26.3 Å². The average Bonchev–Trinajstić information content (AvgIpc) is 3.23. The van der Waals surface area contributed by atoms with Crippen molar-refractivity contribution in [1.29, 1.82) is 0 Å². The summed E-state index contributed by atoms with van der Waals surface area (Å²) in [6.45, 7) is 2.38. The number of piperidine rings is 1. The Hall–Kier alpha value is -3.77. The molecule has 1 fully saturated rings. The highest BCUT2D eigenvalue weighted by molar-refractivity contribution is 5.90. The van der Waals surface area contributed by atoms with E-state index in [-0.39, 0.29) is 18.3 Å². The van der Waals surface area contributed by atoms with Crippen LogP contribution in [0.1, 0.15) is 34.5 Å². The third-order valence-corrected chi connectivity index (χ3v) is 6.03. The minimum Gasteiger partial charge on any atom is -0.477 e. The highest BCUT2D eigenvalue weighted by Crippen LogP contribution is 2.34. The number of aryl methyl sites for hydroxylation is 1. The van der Waals surface area contributed by atoms with Crippen molar-refractivity contribution in [1.82, 2.24) is 19.7 Å². The fourth-order valence-corrected chi connectivity index (χ4v) is 4.13. The third-order valence-electron chi connectivity index (χ3n) is 6.03. The molecule has 1 atom stereocenters. The lowest BCUT2D eigenvalue weighted by Gasteiger charge is -2.31. The zero-order valence-electron chi connectivity index (χ0n) is 21.2. The second-order valence-corrected chi connectivity index (χ2v) is 9.09. The number of halogens is 6. The minimum atomic E-state index is -5.08. The predicted molar refractivity (Wildman–Crippen MR) is 127 cm³/mol. The van der Waals surface area contributed by atoms with Gasteiger partial charge in [0.25, 0.3) is 0 Å². The van der Waals surface area contributed by atoms with E-state index in [0.717, 1.165) is 49.0 Å². The van der Waals surface area contributed by atoms with Crippen molar-refractivity contribution >= 4 is 17.9 Å². The molecule has 4 rings (SSSR count). The predicted octanol–water partition coefficient (Wildman–Crippen LogP) is 1.79. The zero-order valence-corrected chi connectivity index (χ0v) is 21.2. The van der Waals surface area contributed by atoms with Gasteiger partial charge in [0, 0.05) is 36.1 Å². The maximum atomic E-state index is 11.9. The van der Waals surface area contributed by atoms with E-state index in [2.05, 4.69) is 15.0 Å². The SMILES string of the molecule is NC1CCN(CC(O)Cn2nc3c(c2C(=O)O)CCc2cnccc2-3)CC1.O=C(O)C(F)(F)F.O=C(O)C(F)(F)F. The Bertz CT molecular complexity index is 1200. The van der Waals surface area contributed by atoms with Crippen LogP contribution in [0.25, 0.3) is 11.3 Å². The van der Waals surface area contributed by atoms with Crippen molar-refractivity contribution in [2.24, 2.45) is 5.73 Å². The molecule has 0 saturated carbocycles. The number of aliphatic hydroxyl groups is 1. The first-order valence-electron chi connectivity index (χ1n) is 11.9. The van der Waals surface area contributed by atoms with Crippen molar-refractivity contribution in [3.8, 4) is 11.3 Å². The molecule has 3 heterocycles. The van der Waals surface area contributed by atoms with Crippen LogP contribution < -0.4 is 5.73 Å². The van der Waals surface area contributed by atoms with Crippen molar-refractivity contribution in [3.05, 3.63) is 35.3 Å². The number of nitrogens with zero attached hydrogens (tertiary/aromatic N) is 4. The molecule has 2 aromatic rings. The molecular weight excluding hydrogens is 572 g/mol. The van der Waals surface area contributed by atoms with Gasteiger partial charge in [-0.1, -0.05) is 0 Å². The lowest BCUT2D eigenvalue weighted by atomic mass is 9.90. The summed E-state index contributed by atoms with van der Waals surface area (Å²) in [6.07, 6.45) is -4.12. The van der Waals surface area contributed by atoms with E-state index in [0.29, 0.717) is 18.7 Å². The molecule has 0 bridgehead atoms. The number of rotatable bonds is 5. The molecule has 12 nitrogen and oxygen atoms in total. The summed E-state index contributed by atoms with van der Waals surface area (Å²) in [6, 6.07) is 2.12. The summed E-state index contributed by atoms with van der Waals surface area (Å²) in [5, 5.41) is 39.1. The molecule has 1 aliphatic heterocycles. The number of β-amino-alcohol motifs (C(OH)–C–C–N with tert-alkyl or cyclic N) is 1. The van der Waals surface area contributed by atoms with Crippen LogP contribution in [0, 0.1) is 0 Å². The van der Waals surface area contributed by atoms with E-state index in [1.165, 1.54) is 4.68 Å². The Kier molecular flexibility index (Phi) is 11.2. The van der Waals surface area contributed by atoms with Gasteiger partial charge in [0.15, 0.2) is 0 Å². The maximum Gasteiger partial charge on any atom is 0.490 e. The number of carboxylic acid groups (broad SMARTS) is 3. The van der Waals surface area contributed by atoms with Crippen LogP contribution in [0.2, 0.25) is 0 Å². The van der Waals surface area contributed by atoms with Crippen LogP contribution >= 0.6 is 0 Å². The largest absolute Gasteiger partial charge is 0.490 e. The van der Waals surface area contributed by atoms with Gasteiger partial charge in [0.05, 0.1) is 18.3 Å². The topological polar surface area (TPSA) is 192 Å². The van der Waals surface area contributed by atoms with Crippen LogP contribution in [-0.2, 0) is 29.0 Å². The molecule has 0 amide bonds. The molecule has 2 aromatic heterocycles. The Morgan fingerprint density at radius 3 is 2.00 bits per heavy atom. The van der Waals surface area contributed by atoms with Gasteiger partial charge in [-0.15, -0.1) is 0 Å². The third kappa shape index (κ3) is 9.68. The van der Waals surface area contributed by atoms with E-state index in [4.69, 9.17) is 25.5 Å². The van der Waals surface area contributed by atoms with E-state index in [1.807, 2.05) is 12.3 Å². The van der Waals surface area contributed by atoms with E-state index in [1.54, 1.807) is 6.20 Å². The monoisotopic (exact) mass is 599 g/mol. The number of nitrogens with two attached hydrogens (primary N) is 1. The lowest BCUT2D eigenvalue weighted by molar-refractivity contribution is -0.193. The van der Waals surface area contributed by atoms with Gasteiger partial charge < -0.3 is 31.1 Å². The maximum absolute atomic E-state index is 11.9. The van der Waals surface area contributed by atoms with Crippen LogP contribution in [0.3, 0.4) is 0 Å². The van der Waals surface area contributed by atoms with Crippen LogP contribution in [-0.4, -0.2) is 102 Å². The molecule has 0 spiro atoms. The number of aromatic nitrogens is 3. The molecular formula is C23H27F6N5O7. The van der Waals surface area contributed by atoms with Gasteiger partial charge in [-0.2, -0.15) is 31.4 Å². The number of carboxylic acids is 3. The number of fused-ring (bicyclic) bond motifs is 3. The smallest absolute Gasteiger partial charge is 0.477 e. The molecule has 18 heteroatoms. The average molecular weight is 599 g/mol. The Morgan fingerprint density at radius 2 is 1.51 bits per heavy atom. The molecule has 0 aromatic carbocycles. The Balaban J connectivity index is 0.000000349. The molecule has 0 radical (unpaired) electrons. The molecule has 1 aliphatic carbocycles. The number of hydrogen-bond donors (Lipinski definition) is 5. The Labute approximate surface area is 228 Å². The van der Waals surface area contributed by atoms with E-state index in [9.17, 15) is 41.4 Å². The molecule has 1 saturated heterocycles. The van der Waals surface area contributed by atoms with Gasteiger partial charge >= 0.3 is 30.3 Å². The zero-order chi connectivity index (χ0) is 31.1. The van der Waals surface area contributed by atoms with Crippen molar-refractivity contribution < 1.29 is 61.2 Å².